The fourth-order valence-corrected chi connectivity index (χ4v) is 1.41. The Bertz CT molecular complexity index is 403. The van der Waals surface area contributed by atoms with Gasteiger partial charge in [0.25, 0.3) is 0 Å². The first-order valence-electron chi connectivity index (χ1n) is 5.66. The van der Waals surface area contributed by atoms with Crippen molar-refractivity contribution in [3.8, 4) is 0 Å². The summed E-state index contributed by atoms with van der Waals surface area (Å²) in [5.41, 5.74) is 0.845. The molecule has 0 aromatic heterocycles. The Kier molecular flexibility index (Phi) is 5.32. The fraction of sp³-hybridized carbons (Fsp3) is 0.385. The lowest BCUT2D eigenvalue weighted by Gasteiger charge is -2.19. The lowest BCUT2D eigenvalue weighted by molar-refractivity contribution is -0.152. The van der Waals surface area contributed by atoms with Gasteiger partial charge < -0.3 is 15.2 Å². The second-order valence-corrected chi connectivity index (χ2v) is 4.01. The predicted molar refractivity (Wildman–Crippen MR) is 65.5 cm³/mol. The molecule has 0 saturated carbocycles. The van der Waals surface area contributed by atoms with Gasteiger partial charge in [0.1, 0.15) is 6.61 Å². The zero-order chi connectivity index (χ0) is 13.5. The average molecular weight is 251 g/mol. The summed E-state index contributed by atoms with van der Waals surface area (Å²) in [6.45, 7) is 2.81. The third-order valence-corrected chi connectivity index (χ3v) is 2.32. The van der Waals surface area contributed by atoms with E-state index in [9.17, 15) is 14.7 Å². The third kappa shape index (κ3) is 4.55. The summed E-state index contributed by atoms with van der Waals surface area (Å²) in [5, 5.41) is 11.8. The minimum Gasteiger partial charge on any atom is -0.459 e. The summed E-state index contributed by atoms with van der Waals surface area (Å²) < 4.78 is 5.04. The van der Waals surface area contributed by atoms with Gasteiger partial charge in [-0.3, -0.25) is 4.79 Å². The molecule has 1 aromatic rings. The molecule has 2 unspecified atom stereocenters. The van der Waals surface area contributed by atoms with Gasteiger partial charge in [0, 0.05) is 6.92 Å². The molecule has 0 aliphatic carbocycles. The molecule has 2 atom stereocenters. The van der Waals surface area contributed by atoms with E-state index in [0.717, 1.165) is 5.56 Å². The lowest BCUT2D eigenvalue weighted by Crippen LogP contribution is -2.47. The molecule has 0 aliphatic heterocycles. The van der Waals surface area contributed by atoms with Crippen LogP contribution in [0.15, 0.2) is 30.3 Å². The molecular weight excluding hydrogens is 234 g/mol. The van der Waals surface area contributed by atoms with Crippen LogP contribution in [0, 0.1) is 0 Å². The van der Waals surface area contributed by atoms with Crippen LogP contribution in [-0.2, 0) is 20.9 Å². The molecule has 98 valence electrons. The Hall–Kier alpha value is -1.88. The molecule has 0 spiro atoms. The molecule has 1 amide bonds. The van der Waals surface area contributed by atoms with Crippen molar-refractivity contribution in [1.82, 2.24) is 5.32 Å². The molecule has 5 heteroatoms. The van der Waals surface area contributed by atoms with E-state index < -0.39 is 24.0 Å². The maximum Gasteiger partial charge on any atom is 0.331 e. The van der Waals surface area contributed by atoms with E-state index in [1.807, 2.05) is 30.3 Å². The first-order chi connectivity index (χ1) is 8.50. The monoisotopic (exact) mass is 251 g/mol. The zero-order valence-corrected chi connectivity index (χ0v) is 10.4. The zero-order valence-electron chi connectivity index (χ0n) is 10.4. The molecule has 0 fully saturated rings. The molecule has 0 heterocycles. The van der Waals surface area contributed by atoms with Gasteiger partial charge in [-0.15, -0.1) is 0 Å². The number of carbonyl (C=O) groups excluding carboxylic acids is 2. The molecule has 0 radical (unpaired) electrons. The summed E-state index contributed by atoms with van der Waals surface area (Å²) in [7, 11) is 0. The molecule has 1 aromatic carbocycles. The smallest absolute Gasteiger partial charge is 0.331 e. The number of aliphatic hydroxyl groups is 1. The van der Waals surface area contributed by atoms with Crippen molar-refractivity contribution < 1.29 is 19.4 Å². The number of esters is 1. The molecule has 0 aliphatic rings. The minimum atomic E-state index is -1.04. The van der Waals surface area contributed by atoms with E-state index in [0.29, 0.717) is 0 Å². The van der Waals surface area contributed by atoms with Gasteiger partial charge in [-0.1, -0.05) is 30.3 Å². The number of hydrogen-bond donors (Lipinski definition) is 2. The topological polar surface area (TPSA) is 75.6 Å². The standard InChI is InChI=1S/C13H17NO4/c1-9(15)12(14-10(2)16)13(17)18-8-11-6-4-3-5-7-11/h3-7,9,12,15H,8H2,1-2H3,(H,14,16). The number of benzene rings is 1. The van der Waals surface area contributed by atoms with E-state index in [1.54, 1.807) is 0 Å². The maximum atomic E-state index is 11.7. The molecule has 0 bridgehead atoms. The van der Waals surface area contributed by atoms with Gasteiger partial charge in [-0.05, 0) is 12.5 Å². The lowest BCUT2D eigenvalue weighted by atomic mass is 10.2. The van der Waals surface area contributed by atoms with Crippen LogP contribution in [0.1, 0.15) is 19.4 Å². The predicted octanol–water partition coefficient (Wildman–Crippen LogP) is 0.615. The number of carbonyl (C=O) groups is 2. The summed E-state index contributed by atoms with van der Waals surface area (Å²) in [5.74, 6) is -1.04. The molecule has 5 nitrogen and oxygen atoms in total. The van der Waals surface area contributed by atoms with Gasteiger partial charge in [-0.25, -0.2) is 4.79 Å². The third-order valence-electron chi connectivity index (χ3n) is 2.32. The molecule has 2 N–H and O–H groups in total. The number of nitrogens with one attached hydrogen (secondary N) is 1. The van der Waals surface area contributed by atoms with Crippen molar-refractivity contribution in [2.24, 2.45) is 0 Å². The molecular formula is C13H17NO4. The number of hydrogen-bond acceptors (Lipinski definition) is 4. The Morgan fingerprint density at radius 3 is 2.44 bits per heavy atom. The second kappa shape index (κ2) is 6.76. The van der Waals surface area contributed by atoms with Crippen molar-refractivity contribution in [2.45, 2.75) is 32.6 Å². The fourth-order valence-electron chi connectivity index (χ4n) is 1.41. The van der Waals surface area contributed by atoms with E-state index in [1.165, 1.54) is 13.8 Å². The summed E-state index contributed by atoms with van der Waals surface area (Å²) in [6.07, 6.45) is -1.00. The van der Waals surface area contributed by atoms with Gasteiger partial charge in [0.2, 0.25) is 5.91 Å². The highest BCUT2D eigenvalue weighted by Gasteiger charge is 2.25. The Balaban J connectivity index is 2.54. The van der Waals surface area contributed by atoms with Crippen LogP contribution in [0.4, 0.5) is 0 Å². The number of rotatable bonds is 5. The van der Waals surface area contributed by atoms with Crippen LogP contribution in [0.5, 0.6) is 0 Å². The number of aliphatic hydroxyl groups excluding tert-OH is 1. The van der Waals surface area contributed by atoms with E-state index in [2.05, 4.69) is 5.32 Å². The van der Waals surface area contributed by atoms with Crippen molar-refractivity contribution in [1.29, 1.82) is 0 Å². The largest absolute Gasteiger partial charge is 0.459 e. The van der Waals surface area contributed by atoms with Crippen LogP contribution in [0.2, 0.25) is 0 Å². The van der Waals surface area contributed by atoms with Crippen LogP contribution in [0.3, 0.4) is 0 Å². The number of amides is 1. The van der Waals surface area contributed by atoms with E-state index >= 15 is 0 Å². The van der Waals surface area contributed by atoms with Crippen molar-refractivity contribution in [3.63, 3.8) is 0 Å². The second-order valence-electron chi connectivity index (χ2n) is 4.01. The van der Waals surface area contributed by atoms with Gasteiger partial charge in [0.05, 0.1) is 6.10 Å². The Morgan fingerprint density at radius 1 is 1.33 bits per heavy atom. The summed E-state index contributed by atoms with van der Waals surface area (Å²) in [4.78, 5) is 22.6. The maximum absolute atomic E-state index is 11.7. The first-order valence-corrected chi connectivity index (χ1v) is 5.66. The van der Waals surface area contributed by atoms with E-state index in [4.69, 9.17) is 4.74 Å². The van der Waals surface area contributed by atoms with Gasteiger partial charge >= 0.3 is 5.97 Å². The highest BCUT2D eigenvalue weighted by atomic mass is 16.5. The molecule has 0 saturated heterocycles. The Labute approximate surface area is 106 Å². The Morgan fingerprint density at radius 2 is 1.94 bits per heavy atom. The summed E-state index contributed by atoms with van der Waals surface area (Å²) in [6, 6.07) is 8.14. The average Bonchev–Trinajstić information content (AvgIpc) is 2.34. The molecule has 1 rings (SSSR count). The highest BCUT2D eigenvalue weighted by molar-refractivity contribution is 5.83. The van der Waals surface area contributed by atoms with Crippen LogP contribution >= 0.6 is 0 Å². The highest BCUT2D eigenvalue weighted by Crippen LogP contribution is 2.03. The van der Waals surface area contributed by atoms with Crippen molar-refractivity contribution >= 4 is 11.9 Å². The van der Waals surface area contributed by atoms with Gasteiger partial charge in [-0.2, -0.15) is 0 Å². The quantitative estimate of drug-likeness (QED) is 0.752. The summed E-state index contributed by atoms with van der Waals surface area (Å²) >= 11 is 0. The van der Waals surface area contributed by atoms with Crippen LogP contribution < -0.4 is 5.32 Å². The van der Waals surface area contributed by atoms with Gasteiger partial charge in [0.15, 0.2) is 6.04 Å². The van der Waals surface area contributed by atoms with Crippen LogP contribution in [-0.4, -0.2) is 29.1 Å². The van der Waals surface area contributed by atoms with Crippen molar-refractivity contribution in [2.75, 3.05) is 0 Å². The van der Waals surface area contributed by atoms with Crippen molar-refractivity contribution in [3.05, 3.63) is 35.9 Å². The van der Waals surface area contributed by atoms with Crippen LogP contribution in [0.25, 0.3) is 0 Å². The SMILES string of the molecule is CC(=O)NC(C(=O)OCc1ccccc1)C(C)O. The number of ether oxygens (including phenoxy) is 1. The first kappa shape index (κ1) is 14.2. The normalized spacial score (nSPS) is 13.5. The minimum absolute atomic E-state index is 0.114. The van der Waals surface area contributed by atoms with E-state index in [-0.39, 0.29) is 6.61 Å². The molecule has 18 heavy (non-hydrogen) atoms.